The Bertz CT molecular complexity index is 3910. The first-order valence-electron chi connectivity index (χ1n) is 25.0. The first kappa shape index (κ1) is 35.1. The fraction of sp³-hybridized carbons (Fsp3) is 0. The predicted molar refractivity (Wildman–Crippen MR) is 280 cm³/mol. The lowest BCUT2D eigenvalue weighted by Crippen LogP contribution is -2.10. The van der Waals surface area contributed by atoms with Crippen LogP contribution in [0.5, 0.6) is 0 Å². The van der Waals surface area contributed by atoms with E-state index in [0.717, 1.165) is 84.5 Å². The summed E-state index contributed by atoms with van der Waals surface area (Å²) in [5.41, 5.74) is 15.7. The van der Waals surface area contributed by atoms with Crippen molar-refractivity contribution < 1.29 is 6.85 Å². The van der Waals surface area contributed by atoms with Crippen molar-refractivity contribution in [1.82, 2.24) is 18.8 Å². The number of imidazole rings is 2. The Morgan fingerprint density at radius 3 is 1.04 bits per heavy atom. The van der Waals surface area contributed by atoms with E-state index in [9.17, 15) is 0 Å². The Morgan fingerprint density at radius 1 is 0.294 bits per heavy atom. The van der Waals surface area contributed by atoms with E-state index in [-0.39, 0.29) is 17.8 Å². The number of anilines is 6. The van der Waals surface area contributed by atoms with Crippen molar-refractivity contribution >= 4 is 45.4 Å². The molecule has 0 fully saturated rings. The largest absolute Gasteiger partial charge is 0.311 e. The molecule has 12 aromatic rings. The van der Waals surface area contributed by atoms with Crippen LogP contribution in [0.25, 0.3) is 67.5 Å². The van der Waals surface area contributed by atoms with Crippen LogP contribution >= 0.6 is 0 Å². The lowest BCUT2D eigenvalue weighted by molar-refractivity contribution is 1.19. The fourth-order valence-electron chi connectivity index (χ4n) is 9.07. The number of benzene rings is 8. The van der Waals surface area contributed by atoms with Gasteiger partial charge in [0.1, 0.15) is 11.3 Å². The molecule has 0 N–H and O–H groups in total. The Kier molecular flexibility index (Phi) is 9.08. The molecule has 0 saturated heterocycles. The van der Waals surface area contributed by atoms with Gasteiger partial charge in [0, 0.05) is 68.8 Å². The Labute approximate surface area is 402 Å². The fourth-order valence-corrected chi connectivity index (χ4v) is 9.07. The van der Waals surface area contributed by atoms with Crippen LogP contribution in [0, 0.1) is 0 Å². The molecule has 0 radical (unpaired) electrons. The molecule has 0 aliphatic carbocycles. The summed E-state index contributed by atoms with van der Waals surface area (Å²) in [5, 5.41) is 0. The normalized spacial score (nSPS) is 12.3. The maximum atomic E-state index is 9.07. The molecule has 8 aromatic carbocycles. The lowest BCUT2D eigenvalue weighted by atomic mass is 10.0. The van der Waals surface area contributed by atoms with Gasteiger partial charge in [-0.15, -0.1) is 0 Å². The molecule has 12 rings (SSSR count). The number of para-hydroxylation sites is 2. The zero-order chi connectivity index (χ0) is 49.6. The molecule has 322 valence electrons. The lowest BCUT2D eigenvalue weighted by Gasteiger charge is -2.26. The summed E-state index contributed by atoms with van der Waals surface area (Å²) in [6, 6.07) is 73.6. The van der Waals surface area contributed by atoms with Gasteiger partial charge in [0.25, 0.3) is 0 Å². The van der Waals surface area contributed by atoms with Crippen LogP contribution in [0.3, 0.4) is 0 Å². The molecule has 6 heteroatoms. The van der Waals surface area contributed by atoms with Gasteiger partial charge in [-0.1, -0.05) is 158 Å². The number of aromatic nitrogens is 4. The van der Waals surface area contributed by atoms with Gasteiger partial charge in [-0.05, 0) is 108 Å². The van der Waals surface area contributed by atoms with E-state index in [0.29, 0.717) is 11.4 Å². The average molecular weight is 878 g/mol. The summed E-state index contributed by atoms with van der Waals surface area (Å²) in [4.78, 5) is 14.0. The van der Waals surface area contributed by atoms with Crippen molar-refractivity contribution in [1.29, 1.82) is 0 Å². The van der Waals surface area contributed by atoms with Gasteiger partial charge in [-0.3, -0.25) is 8.80 Å². The minimum Gasteiger partial charge on any atom is -0.311 e. The molecule has 4 heterocycles. The zero-order valence-corrected chi connectivity index (χ0v) is 36.7. The predicted octanol–water partition coefficient (Wildman–Crippen LogP) is 16.3. The second kappa shape index (κ2) is 17.6. The van der Waals surface area contributed by atoms with Crippen LogP contribution in [0.15, 0.2) is 267 Å². The van der Waals surface area contributed by atoms with E-state index in [1.807, 2.05) is 158 Å². The van der Waals surface area contributed by atoms with Gasteiger partial charge >= 0.3 is 0 Å². The van der Waals surface area contributed by atoms with Gasteiger partial charge in [-0.25, -0.2) is 9.97 Å². The number of rotatable bonds is 11. The van der Waals surface area contributed by atoms with E-state index in [1.54, 1.807) is 4.90 Å². The molecule has 0 aliphatic heterocycles. The monoisotopic (exact) mass is 877 g/mol. The topological polar surface area (TPSA) is 41.1 Å². The number of nitrogens with zero attached hydrogens (tertiary/aromatic N) is 6. The molecule has 68 heavy (non-hydrogen) atoms. The number of pyridine rings is 2. The summed E-state index contributed by atoms with van der Waals surface area (Å²) in [7, 11) is 0. The molecule has 0 bridgehead atoms. The first-order valence-corrected chi connectivity index (χ1v) is 22.5. The van der Waals surface area contributed by atoms with Gasteiger partial charge in [-0.2, -0.15) is 0 Å². The third-order valence-electron chi connectivity index (χ3n) is 12.3. The minimum absolute atomic E-state index is 0.0554. The maximum Gasteiger partial charge on any atom is 0.137 e. The van der Waals surface area contributed by atoms with E-state index >= 15 is 0 Å². The number of hydrogen-bond donors (Lipinski definition) is 0. The molecule has 4 aromatic heterocycles. The highest BCUT2D eigenvalue weighted by Gasteiger charge is 2.20. The third-order valence-corrected chi connectivity index (χ3v) is 12.3. The average Bonchev–Trinajstić information content (AvgIpc) is 4.04. The van der Waals surface area contributed by atoms with Crippen LogP contribution in [0.4, 0.5) is 34.1 Å². The van der Waals surface area contributed by atoms with Crippen LogP contribution in [-0.4, -0.2) is 18.8 Å². The minimum atomic E-state index is -0.447. The quantitative estimate of drug-likeness (QED) is 0.130. The molecule has 0 amide bonds. The van der Waals surface area contributed by atoms with Gasteiger partial charge in [0.05, 0.1) is 29.6 Å². The molecule has 0 atom stereocenters. The molecule has 0 spiro atoms. The zero-order valence-electron chi connectivity index (χ0n) is 41.7. The highest BCUT2D eigenvalue weighted by Crippen LogP contribution is 2.41. The molecule has 0 aliphatic rings. The Hall–Kier alpha value is -9.26. The molecular weight excluding hydrogens is 829 g/mol. The highest BCUT2D eigenvalue weighted by atomic mass is 15.1. The first-order chi connectivity index (χ1) is 35.8. The van der Waals surface area contributed by atoms with Crippen molar-refractivity contribution in [2.24, 2.45) is 0 Å². The van der Waals surface area contributed by atoms with Crippen molar-refractivity contribution in [2.45, 2.75) is 0 Å². The van der Waals surface area contributed by atoms with E-state index in [2.05, 4.69) is 92.7 Å². The summed E-state index contributed by atoms with van der Waals surface area (Å²) in [6.45, 7) is 0. The van der Waals surface area contributed by atoms with Crippen LogP contribution in [0.2, 0.25) is 0 Å². The second-order valence-corrected chi connectivity index (χ2v) is 16.4. The summed E-state index contributed by atoms with van der Waals surface area (Å²) >= 11 is 0. The van der Waals surface area contributed by atoms with Gasteiger partial charge in [0.15, 0.2) is 0 Å². The van der Waals surface area contributed by atoms with E-state index < -0.39 is 18.1 Å². The van der Waals surface area contributed by atoms with E-state index in [4.69, 9.17) is 16.8 Å². The number of hydrogen-bond acceptors (Lipinski definition) is 4. The summed E-state index contributed by atoms with van der Waals surface area (Å²) in [5.74, 6) is 0. The van der Waals surface area contributed by atoms with Gasteiger partial charge < -0.3 is 9.80 Å². The molecular formula is C62H44N6. The SMILES string of the molecule is [2H]c1c([2H])c([2H])c(N(c2ccc(-c3ccc(N(c4ccccc4)c4ccc(-c5c(-c6ccccc6)nc6ccccn56)cc4)cc3)cc2)c2ccc(-c3c(-c4ccccc4)nc4ccccn34)cc2)c([2H])c1[2H]. The van der Waals surface area contributed by atoms with E-state index in [1.165, 1.54) is 0 Å². The van der Waals surface area contributed by atoms with Crippen molar-refractivity contribution in [3.63, 3.8) is 0 Å². The molecule has 0 saturated carbocycles. The number of fused-ring (bicyclic) bond motifs is 2. The Balaban J connectivity index is 0.883. The van der Waals surface area contributed by atoms with Crippen molar-refractivity contribution in [3.8, 4) is 56.2 Å². The summed E-state index contributed by atoms with van der Waals surface area (Å²) < 4.78 is 48.0. The van der Waals surface area contributed by atoms with Crippen molar-refractivity contribution in [3.05, 3.63) is 267 Å². The summed E-state index contributed by atoms with van der Waals surface area (Å²) in [6.07, 6.45) is 4.06. The van der Waals surface area contributed by atoms with Crippen LogP contribution < -0.4 is 9.80 Å². The second-order valence-electron chi connectivity index (χ2n) is 16.4. The van der Waals surface area contributed by atoms with Crippen LogP contribution in [-0.2, 0) is 0 Å². The third kappa shape index (κ3) is 7.56. The smallest absolute Gasteiger partial charge is 0.137 e. The Morgan fingerprint density at radius 2 is 0.632 bits per heavy atom. The molecule has 6 nitrogen and oxygen atoms in total. The molecule has 0 unspecified atom stereocenters. The standard InChI is InChI=1S/C62H44N6/c1-5-17-47(18-6-1)59-61(65-43-15-13-25-57(65)63-59)49-31-39-55(40-32-49)67(51-21-9-3-10-22-51)53-35-27-45(28-36-53)46-29-37-54(38-30-46)68(52-23-11-4-12-24-52)56-41-33-50(34-42-56)62-60(48-19-7-2-8-20-48)64-58-26-14-16-44-66(58)62/h1-44H/i3D,9D,10D,21D,22D. The van der Waals surface area contributed by atoms with Crippen molar-refractivity contribution in [2.75, 3.05) is 9.80 Å². The van der Waals surface area contributed by atoms with Crippen LogP contribution in [0.1, 0.15) is 6.85 Å². The van der Waals surface area contributed by atoms with Gasteiger partial charge in [0.2, 0.25) is 0 Å². The highest BCUT2D eigenvalue weighted by molar-refractivity contribution is 5.87. The maximum absolute atomic E-state index is 9.07.